The number of carbonyl (C=O) groups is 2. The van der Waals surface area contributed by atoms with E-state index < -0.39 is 6.04 Å². The lowest BCUT2D eigenvalue weighted by Gasteiger charge is -2.30. The van der Waals surface area contributed by atoms with Crippen LogP contribution in [0.1, 0.15) is 6.92 Å². The van der Waals surface area contributed by atoms with Crippen molar-refractivity contribution in [3.05, 3.63) is 54.6 Å². The summed E-state index contributed by atoms with van der Waals surface area (Å²) in [7, 11) is 1.78. The van der Waals surface area contributed by atoms with Crippen molar-refractivity contribution in [1.82, 2.24) is 9.80 Å². The monoisotopic (exact) mass is 397 g/mol. The van der Waals surface area contributed by atoms with Crippen molar-refractivity contribution in [2.75, 3.05) is 45.2 Å². The predicted molar refractivity (Wildman–Crippen MR) is 111 cm³/mol. The van der Waals surface area contributed by atoms with Gasteiger partial charge in [0.15, 0.2) is 0 Å². The summed E-state index contributed by atoms with van der Waals surface area (Å²) in [6.07, 6.45) is 0. The number of para-hydroxylation sites is 1. The van der Waals surface area contributed by atoms with E-state index in [1.165, 1.54) is 0 Å². The summed E-state index contributed by atoms with van der Waals surface area (Å²) in [6, 6.07) is 16.3. The summed E-state index contributed by atoms with van der Waals surface area (Å²) in [6.45, 7) is 4.31. The minimum atomic E-state index is -0.444. The lowest BCUT2D eigenvalue weighted by molar-refractivity contribution is -0.137. The first-order chi connectivity index (χ1) is 14.0. The predicted octanol–water partition coefficient (Wildman–Crippen LogP) is 2.60. The number of carbonyl (C=O) groups excluding carboxylic acids is 2. The van der Waals surface area contributed by atoms with Gasteiger partial charge in [0.05, 0.1) is 25.8 Å². The lowest BCUT2D eigenvalue weighted by Crippen LogP contribution is -2.48. The Kier molecular flexibility index (Phi) is 7.21. The number of rotatable bonds is 7. The van der Waals surface area contributed by atoms with E-state index >= 15 is 0 Å². The normalized spacial score (nSPS) is 15.1. The van der Waals surface area contributed by atoms with Crippen LogP contribution in [0.5, 0.6) is 11.5 Å². The maximum atomic E-state index is 12.6. The molecule has 0 saturated carbocycles. The highest BCUT2D eigenvalue weighted by molar-refractivity contribution is 5.95. The van der Waals surface area contributed by atoms with E-state index in [-0.39, 0.29) is 18.4 Å². The third kappa shape index (κ3) is 6.04. The third-order valence-electron chi connectivity index (χ3n) is 4.89. The standard InChI is InChI=1S/C22H27N3O4/c1-17(24(2)16-21(26)25-12-14-28-15-13-25)22(27)23-18-8-10-20(11-9-18)29-19-6-4-3-5-7-19/h3-11,17H,12-16H2,1-2H3,(H,23,27). The molecule has 1 aliphatic rings. The molecule has 29 heavy (non-hydrogen) atoms. The molecule has 0 spiro atoms. The second-order valence-corrected chi connectivity index (χ2v) is 7.01. The number of hydrogen-bond acceptors (Lipinski definition) is 5. The fourth-order valence-corrected chi connectivity index (χ4v) is 2.94. The summed E-state index contributed by atoms with van der Waals surface area (Å²) in [5.74, 6) is 1.29. The minimum Gasteiger partial charge on any atom is -0.457 e. The molecule has 2 amide bonds. The first-order valence-corrected chi connectivity index (χ1v) is 9.72. The number of nitrogens with one attached hydrogen (secondary N) is 1. The Hall–Kier alpha value is -2.90. The second kappa shape index (κ2) is 10.0. The molecule has 7 heteroatoms. The number of amides is 2. The average Bonchev–Trinajstić information content (AvgIpc) is 2.75. The summed E-state index contributed by atoms with van der Waals surface area (Å²) >= 11 is 0. The minimum absolute atomic E-state index is 0.0119. The van der Waals surface area contributed by atoms with Crippen LogP contribution in [0.25, 0.3) is 0 Å². The van der Waals surface area contributed by atoms with Crippen LogP contribution in [0.2, 0.25) is 0 Å². The molecule has 0 bridgehead atoms. The lowest BCUT2D eigenvalue weighted by atomic mass is 10.2. The Morgan fingerprint density at radius 3 is 2.34 bits per heavy atom. The van der Waals surface area contributed by atoms with Crippen LogP contribution in [0.4, 0.5) is 5.69 Å². The molecule has 154 valence electrons. The van der Waals surface area contributed by atoms with Crippen LogP contribution in [0, 0.1) is 0 Å². The van der Waals surface area contributed by atoms with Gasteiger partial charge in [-0.25, -0.2) is 0 Å². The summed E-state index contributed by atoms with van der Waals surface area (Å²) in [4.78, 5) is 28.4. The Morgan fingerprint density at radius 1 is 1.07 bits per heavy atom. The van der Waals surface area contributed by atoms with Crippen LogP contribution < -0.4 is 10.1 Å². The molecule has 0 radical (unpaired) electrons. The van der Waals surface area contributed by atoms with E-state index in [9.17, 15) is 9.59 Å². The summed E-state index contributed by atoms with van der Waals surface area (Å²) < 4.78 is 11.0. The van der Waals surface area contributed by atoms with E-state index in [1.807, 2.05) is 30.3 Å². The third-order valence-corrected chi connectivity index (χ3v) is 4.89. The molecule has 1 aliphatic heterocycles. The fourth-order valence-electron chi connectivity index (χ4n) is 2.94. The van der Waals surface area contributed by atoms with E-state index in [4.69, 9.17) is 9.47 Å². The van der Waals surface area contributed by atoms with Gasteiger partial charge in [-0.05, 0) is 50.4 Å². The molecule has 0 aromatic heterocycles. The van der Waals surface area contributed by atoms with Crippen LogP contribution >= 0.6 is 0 Å². The molecule has 1 N–H and O–H groups in total. The first-order valence-electron chi connectivity index (χ1n) is 9.72. The smallest absolute Gasteiger partial charge is 0.241 e. The van der Waals surface area contributed by atoms with Gasteiger partial charge in [0.1, 0.15) is 11.5 Å². The molecule has 1 heterocycles. The van der Waals surface area contributed by atoms with Gasteiger partial charge >= 0.3 is 0 Å². The molecule has 1 atom stereocenters. The molecule has 7 nitrogen and oxygen atoms in total. The van der Waals surface area contributed by atoms with Crippen molar-refractivity contribution < 1.29 is 19.1 Å². The number of nitrogens with zero attached hydrogens (tertiary/aromatic N) is 2. The molecule has 3 rings (SSSR count). The van der Waals surface area contributed by atoms with E-state index in [0.29, 0.717) is 37.7 Å². The quantitative estimate of drug-likeness (QED) is 0.778. The molecule has 2 aromatic carbocycles. The molecule has 2 aromatic rings. The van der Waals surface area contributed by atoms with Gasteiger partial charge in [0.2, 0.25) is 11.8 Å². The van der Waals surface area contributed by atoms with Crippen molar-refractivity contribution in [2.45, 2.75) is 13.0 Å². The van der Waals surface area contributed by atoms with Crippen molar-refractivity contribution in [3.63, 3.8) is 0 Å². The van der Waals surface area contributed by atoms with Gasteiger partial charge < -0.3 is 19.7 Å². The van der Waals surface area contributed by atoms with Crippen molar-refractivity contribution in [3.8, 4) is 11.5 Å². The Morgan fingerprint density at radius 2 is 1.69 bits per heavy atom. The first kappa shape index (κ1) is 20.8. The molecular formula is C22H27N3O4. The molecule has 1 saturated heterocycles. The highest BCUT2D eigenvalue weighted by Crippen LogP contribution is 2.22. The van der Waals surface area contributed by atoms with E-state index in [2.05, 4.69) is 5.32 Å². The molecule has 1 unspecified atom stereocenters. The number of likely N-dealkylation sites (N-methyl/N-ethyl adjacent to an activating group) is 1. The zero-order valence-corrected chi connectivity index (χ0v) is 16.8. The highest BCUT2D eigenvalue weighted by Gasteiger charge is 2.23. The highest BCUT2D eigenvalue weighted by atomic mass is 16.5. The van der Waals surface area contributed by atoms with Crippen molar-refractivity contribution >= 4 is 17.5 Å². The fraction of sp³-hybridized carbons (Fsp3) is 0.364. The van der Waals surface area contributed by atoms with Crippen LogP contribution in [0.3, 0.4) is 0 Å². The van der Waals surface area contributed by atoms with Crippen molar-refractivity contribution in [2.24, 2.45) is 0 Å². The van der Waals surface area contributed by atoms with E-state index in [0.717, 1.165) is 5.75 Å². The Bertz CT molecular complexity index is 805. The molecular weight excluding hydrogens is 370 g/mol. The van der Waals surface area contributed by atoms with Gasteiger partial charge in [0, 0.05) is 18.8 Å². The molecule has 0 aliphatic carbocycles. The summed E-state index contributed by atoms with van der Waals surface area (Å²) in [5, 5.41) is 2.89. The largest absolute Gasteiger partial charge is 0.457 e. The van der Waals surface area contributed by atoms with Gasteiger partial charge in [0.25, 0.3) is 0 Å². The maximum absolute atomic E-state index is 12.6. The number of anilines is 1. The van der Waals surface area contributed by atoms with Gasteiger partial charge in [-0.15, -0.1) is 0 Å². The van der Waals surface area contributed by atoms with Gasteiger partial charge in [-0.2, -0.15) is 0 Å². The molecule has 1 fully saturated rings. The zero-order valence-electron chi connectivity index (χ0n) is 16.8. The Labute approximate surface area is 171 Å². The van der Waals surface area contributed by atoms with Crippen LogP contribution in [0.15, 0.2) is 54.6 Å². The maximum Gasteiger partial charge on any atom is 0.241 e. The summed E-state index contributed by atoms with van der Waals surface area (Å²) in [5.41, 5.74) is 0.676. The van der Waals surface area contributed by atoms with Crippen LogP contribution in [-0.2, 0) is 14.3 Å². The van der Waals surface area contributed by atoms with Crippen LogP contribution in [-0.4, -0.2) is 67.6 Å². The number of morpholine rings is 1. The number of ether oxygens (including phenoxy) is 2. The topological polar surface area (TPSA) is 71.1 Å². The number of benzene rings is 2. The second-order valence-electron chi connectivity index (χ2n) is 7.01. The zero-order chi connectivity index (χ0) is 20.6. The van der Waals surface area contributed by atoms with Crippen molar-refractivity contribution in [1.29, 1.82) is 0 Å². The van der Waals surface area contributed by atoms with E-state index in [1.54, 1.807) is 48.0 Å². The van der Waals surface area contributed by atoms with Gasteiger partial charge in [-0.1, -0.05) is 18.2 Å². The average molecular weight is 397 g/mol. The SMILES string of the molecule is CC(C(=O)Nc1ccc(Oc2ccccc2)cc1)N(C)CC(=O)N1CCOCC1. The van der Waals surface area contributed by atoms with Gasteiger partial charge in [-0.3, -0.25) is 14.5 Å². The number of hydrogen-bond donors (Lipinski definition) is 1. The Balaban J connectivity index is 1.50.